The van der Waals surface area contributed by atoms with Crippen molar-refractivity contribution in [3.63, 3.8) is 0 Å². The molecule has 0 aliphatic rings. The number of rotatable bonds is 3. The first-order valence-electron chi connectivity index (χ1n) is 4.81. The maximum atomic E-state index is 5.60. The van der Waals surface area contributed by atoms with Gasteiger partial charge in [-0.3, -0.25) is 0 Å². The molecule has 0 aromatic heterocycles. The zero-order chi connectivity index (χ0) is 10.4. The highest BCUT2D eigenvalue weighted by Crippen LogP contribution is 2.03. The second kappa shape index (κ2) is 5.27. The molecule has 0 bridgehead atoms. The maximum Gasteiger partial charge on any atom is 0.188 e. The third-order valence-electron chi connectivity index (χ3n) is 1.91. The lowest BCUT2D eigenvalue weighted by atomic mass is 10.1. The second-order valence-corrected chi connectivity index (χ2v) is 3.22. The number of benzene rings is 1. The van der Waals surface area contributed by atoms with Crippen molar-refractivity contribution in [1.82, 2.24) is 5.32 Å². The van der Waals surface area contributed by atoms with Crippen LogP contribution in [-0.2, 0) is 6.54 Å². The zero-order valence-corrected chi connectivity index (χ0v) is 8.75. The van der Waals surface area contributed by atoms with Gasteiger partial charge in [0, 0.05) is 6.54 Å². The molecular formula is C11H17N3. The molecule has 0 saturated heterocycles. The van der Waals surface area contributed by atoms with E-state index < -0.39 is 0 Å². The summed E-state index contributed by atoms with van der Waals surface area (Å²) in [6.07, 6.45) is 0. The van der Waals surface area contributed by atoms with Crippen LogP contribution in [0, 0.1) is 6.92 Å². The minimum Gasteiger partial charge on any atom is -0.370 e. The van der Waals surface area contributed by atoms with E-state index in [0.29, 0.717) is 12.5 Å². The Kier molecular flexibility index (Phi) is 3.98. The van der Waals surface area contributed by atoms with Crippen molar-refractivity contribution in [2.45, 2.75) is 20.4 Å². The van der Waals surface area contributed by atoms with Gasteiger partial charge in [-0.25, -0.2) is 4.99 Å². The number of hydrogen-bond acceptors (Lipinski definition) is 1. The molecule has 3 N–H and O–H groups in total. The topological polar surface area (TPSA) is 50.4 Å². The van der Waals surface area contributed by atoms with Crippen molar-refractivity contribution >= 4 is 5.96 Å². The van der Waals surface area contributed by atoms with Gasteiger partial charge in [0.15, 0.2) is 5.96 Å². The van der Waals surface area contributed by atoms with Gasteiger partial charge < -0.3 is 11.1 Å². The normalized spacial score (nSPS) is 11.4. The maximum absolute atomic E-state index is 5.60. The molecule has 0 unspecified atom stereocenters. The van der Waals surface area contributed by atoms with Crippen molar-refractivity contribution in [2.75, 3.05) is 6.54 Å². The molecule has 0 fully saturated rings. The van der Waals surface area contributed by atoms with Crippen LogP contribution >= 0.6 is 0 Å². The van der Waals surface area contributed by atoms with E-state index in [-0.39, 0.29) is 0 Å². The molecule has 76 valence electrons. The number of guanidine groups is 1. The van der Waals surface area contributed by atoms with Crippen molar-refractivity contribution in [2.24, 2.45) is 10.7 Å². The van der Waals surface area contributed by atoms with Gasteiger partial charge >= 0.3 is 0 Å². The zero-order valence-electron chi connectivity index (χ0n) is 8.75. The van der Waals surface area contributed by atoms with Crippen molar-refractivity contribution < 1.29 is 0 Å². The highest BCUT2D eigenvalue weighted by Gasteiger charge is 1.91. The molecule has 0 spiro atoms. The summed E-state index contributed by atoms with van der Waals surface area (Å²) in [6, 6.07) is 8.29. The molecule has 1 aromatic rings. The van der Waals surface area contributed by atoms with Gasteiger partial charge in [-0.1, -0.05) is 29.8 Å². The Morgan fingerprint density at radius 1 is 1.36 bits per heavy atom. The van der Waals surface area contributed by atoms with Crippen LogP contribution in [0.2, 0.25) is 0 Å². The van der Waals surface area contributed by atoms with Crippen LogP contribution in [0.5, 0.6) is 0 Å². The third-order valence-corrected chi connectivity index (χ3v) is 1.91. The van der Waals surface area contributed by atoms with E-state index in [1.807, 2.05) is 6.92 Å². The summed E-state index contributed by atoms with van der Waals surface area (Å²) in [4.78, 5) is 4.20. The molecule has 3 nitrogen and oxygen atoms in total. The monoisotopic (exact) mass is 191 g/mol. The van der Waals surface area contributed by atoms with E-state index in [2.05, 4.69) is 41.5 Å². The molecule has 0 saturated carbocycles. The van der Waals surface area contributed by atoms with E-state index in [1.165, 1.54) is 11.1 Å². The fourth-order valence-electron chi connectivity index (χ4n) is 1.11. The number of nitrogens with two attached hydrogens (primary N) is 1. The van der Waals surface area contributed by atoms with Crippen molar-refractivity contribution in [1.29, 1.82) is 0 Å². The molecule has 0 aliphatic carbocycles. The van der Waals surface area contributed by atoms with Crippen LogP contribution in [0.3, 0.4) is 0 Å². The lowest BCUT2D eigenvalue weighted by Gasteiger charge is -2.02. The van der Waals surface area contributed by atoms with Gasteiger partial charge in [-0.05, 0) is 19.4 Å². The molecule has 3 heteroatoms. The number of aryl methyl sites for hydroxylation is 1. The second-order valence-electron chi connectivity index (χ2n) is 3.22. The van der Waals surface area contributed by atoms with Gasteiger partial charge in [0.1, 0.15) is 0 Å². The standard InChI is InChI=1S/C11H17N3/c1-3-13-11(12)14-8-10-6-4-9(2)5-7-10/h4-7H,3,8H2,1-2H3,(H3,12,13,14). The Balaban J connectivity index is 2.53. The molecule has 1 rings (SSSR count). The summed E-state index contributed by atoms with van der Waals surface area (Å²) in [5.41, 5.74) is 8.04. The Hall–Kier alpha value is -1.51. The van der Waals surface area contributed by atoms with Crippen LogP contribution < -0.4 is 11.1 Å². The van der Waals surface area contributed by atoms with Gasteiger partial charge in [0.25, 0.3) is 0 Å². The van der Waals surface area contributed by atoms with Gasteiger partial charge in [0.2, 0.25) is 0 Å². The number of nitrogens with one attached hydrogen (secondary N) is 1. The average molecular weight is 191 g/mol. The Morgan fingerprint density at radius 3 is 2.57 bits per heavy atom. The summed E-state index contributed by atoms with van der Waals surface area (Å²) in [7, 11) is 0. The third kappa shape index (κ3) is 3.47. The van der Waals surface area contributed by atoms with E-state index in [0.717, 1.165) is 6.54 Å². The summed E-state index contributed by atoms with van der Waals surface area (Å²) < 4.78 is 0. The molecular weight excluding hydrogens is 174 g/mol. The van der Waals surface area contributed by atoms with Crippen LogP contribution in [0.1, 0.15) is 18.1 Å². The quantitative estimate of drug-likeness (QED) is 0.561. The predicted octanol–water partition coefficient (Wildman–Crippen LogP) is 1.42. The number of hydrogen-bond donors (Lipinski definition) is 2. The summed E-state index contributed by atoms with van der Waals surface area (Å²) in [5.74, 6) is 0.507. The van der Waals surface area contributed by atoms with E-state index in [1.54, 1.807) is 0 Å². The van der Waals surface area contributed by atoms with Gasteiger partial charge in [-0.15, -0.1) is 0 Å². The fraction of sp³-hybridized carbons (Fsp3) is 0.364. The first-order chi connectivity index (χ1) is 6.72. The molecule has 14 heavy (non-hydrogen) atoms. The van der Waals surface area contributed by atoms with E-state index in [4.69, 9.17) is 5.73 Å². The van der Waals surface area contributed by atoms with Crippen LogP contribution in [0.15, 0.2) is 29.3 Å². The highest BCUT2D eigenvalue weighted by atomic mass is 15.1. The lowest BCUT2D eigenvalue weighted by molar-refractivity contribution is 0.925. The summed E-state index contributed by atoms with van der Waals surface area (Å²) in [6.45, 7) is 5.51. The van der Waals surface area contributed by atoms with Gasteiger partial charge in [0.05, 0.1) is 6.54 Å². The molecule has 0 aliphatic heterocycles. The largest absolute Gasteiger partial charge is 0.370 e. The molecule has 0 radical (unpaired) electrons. The summed E-state index contributed by atoms with van der Waals surface area (Å²) >= 11 is 0. The molecule has 0 amide bonds. The van der Waals surface area contributed by atoms with Crippen LogP contribution in [0.25, 0.3) is 0 Å². The average Bonchev–Trinajstić information content (AvgIpc) is 2.17. The van der Waals surface area contributed by atoms with Crippen LogP contribution in [0.4, 0.5) is 0 Å². The fourth-order valence-corrected chi connectivity index (χ4v) is 1.11. The van der Waals surface area contributed by atoms with Crippen LogP contribution in [-0.4, -0.2) is 12.5 Å². The highest BCUT2D eigenvalue weighted by molar-refractivity contribution is 5.77. The smallest absolute Gasteiger partial charge is 0.188 e. The number of nitrogens with zero attached hydrogens (tertiary/aromatic N) is 1. The Morgan fingerprint density at radius 2 is 2.00 bits per heavy atom. The number of aliphatic imine (C=N–C) groups is 1. The minimum absolute atomic E-state index is 0.507. The van der Waals surface area contributed by atoms with E-state index in [9.17, 15) is 0 Å². The van der Waals surface area contributed by atoms with E-state index >= 15 is 0 Å². The first-order valence-corrected chi connectivity index (χ1v) is 4.81. The Labute approximate surface area is 85.0 Å². The SMILES string of the molecule is CCNC(N)=NCc1ccc(C)cc1. The first kappa shape index (κ1) is 10.6. The van der Waals surface area contributed by atoms with Gasteiger partial charge in [-0.2, -0.15) is 0 Å². The Bertz CT molecular complexity index is 301. The molecule has 0 atom stereocenters. The minimum atomic E-state index is 0.507. The molecule has 1 aromatic carbocycles. The van der Waals surface area contributed by atoms with Crippen molar-refractivity contribution in [3.8, 4) is 0 Å². The predicted molar refractivity (Wildman–Crippen MR) is 60.2 cm³/mol. The summed E-state index contributed by atoms with van der Waals surface area (Å²) in [5, 5.41) is 2.95. The lowest BCUT2D eigenvalue weighted by Crippen LogP contribution is -2.31. The van der Waals surface area contributed by atoms with Crippen molar-refractivity contribution in [3.05, 3.63) is 35.4 Å². The molecule has 0 heterocycles.